The van der Waals surface area contributed by atoms with E-state index in [0.717, 1.165) is 25.8 Å². The number of aliphatic hydroxyl groups excluding tert-OH is 3. The van der Waals surface area contributed by atoms with E-state index in [9.17, 15) is 39.9 Å². The van der Waals surface area contributed by atoms with Crippen LogP contribution in [0.2, 0.25) is 0 Å². The molecule has 1 saturated carbocycles. The van der Waals surface area contributed by atoms with Crippen LogP contribution < -0.4 is 16.0 Å². The van der Waals surface area contributed by atoms with E-state index in [-0.39, 0.29) is 30.7 Å². The number of carboxylic acid groups (broad SMARTS) is 1. The lowest BCUT2D eigenvalue weighted by Crippen LogP contribution is -2.68. The van der Waals surface area contributed by atoms with Gasteiger partial charge in [-0.15, -0.1) is 0 Å². The van der Waals surface area contributed by atoms with E-state index in [2.05, 4.69) is 25.8 Å². The Morgan fingerprint density at radius 1 is 1.12 bits per heavy atom. The summed E-state index contributed by atoms with van der Waals surface area (Å²) in [6.07, 6.45) is -3.94. The van der Waals surface area contributed by atoms with Crippen molar-refractivity contribution in [3.8, 4) is 5.75 Å². The van der Waals surface area contributed by atoms with Gasteiger partial charge in [-0.05, 0) is 68.6 Å². The molecule has 16 heteroatoms. The lowest BCUT2D eigenvalue weighted by Gasteiger charge is -2.49. The van der Waals surface area contributed by atoms with Crippen LogP contribution >= 0.6 is 12.2 Å². The van der Waals surface area contributed by atoms with Gasteiger partial charge in [0.05, 0.1) is 37.0 Å². The van der Waals surface area contributed by atoms with Crippen molar-refractivity contribution in [3.63, 3.8) is 0 Å². The highest BCUT2D eigenvalue weighted by atomic mass is 32.1. The maximum absolute atomic E-state index is 13.0. The average molecular weight is 708 g/mol. The zero-order valence-corrected chi connectivity index (χ0v) is 29.0. The molecule has 0 bridgehead atoms. The van der Waals surface area contributed by atoms with Crippen LogP contribution in [0.1, 0.15) is 60.5 Å². The second-order valence-electron chi connectivity index (χ2n) is 14.0. The summed E-state index contributed by atoms with van der Waals surface area (Å²) >= 11 is 5.65. The molecular formula is C33H49N5O10S. The van der Waals surface area contributed by atoms with Crippen LogP contribution in [-0.4, -0.2) is 152 Å². The van der Waals surface area contributed by atoms with E-state index in [1.807, 2.05) is 0 Å². The molecule has 3 saturated heterocycles. The van der Waals surface area contributed by atoms with Crippen molar-refractivity contribution < 1.29 is 49.4 Å². The molecule has 0 unspecified atom stereocenters. The summed E-state index contributed by atoms with van der Waals surface area (Å²) in [5, 5.41) is 63.3. The van der Waals surface area contributed by atoms with Crippen molar-refractivity contribution in [2.24, 2.45) is 0 Å². The quantitative estimate of drug-likeness (QED) is 0.132. The number of likely N-dealkylation sites (tertiary alicyclic amines) is 1. The third kappa shape index (κ3) is 8.27. The molecule has 8 N–H and O–H groups in total. The number of aromatic hydroxyl groups is 1. The summed E-state index contributed by atoms with van der Waals surface area (Å²) in [4.78, 5) is 42.2. The van der Waals surface area contributed by atoms with Crippen LogP contribution in [-0.2, 0) is 19.1 Å². The maximum Gasteiger partial charge on any atom is 0.336 e. The molecule has 3 heterocycles. The molecule has 7 atom stereocenters. The second-order valence-corrected chi connectivity index (χ2v) is 14.4. The maximum atomic E-state index is 13.0. The van der Waals surface area contributed by atoms with E-state index < -0.39 is 65.9 Å². The van der Waals surface area contributed by atoms with E-state index in [1.165, 1.54) is 19.1 Å². The zero-order valence-electron chi connectivity index (χ0n) is 28.2. The van der Waals surface area contributed by atoms with Crippen molar-refractivity contribution in [1.29, 1.82) is 0 Å². The Balaban J connectivity index is 1.29. The van der Waals surface area contributed by atoms with Crippen molar-refractivity contribution in [1.82, 2.24) is 25.8 Å². The van der Waals surface area contributed by atoms with Crippen molar-refractivity contribution in [3.05, 3.63) is 28.8 Å². The fourth-order valence-corrected chi connectivity index (χ4v) is 7.54. The minimum Gasteiger partial charge on any atom is -0.507 e. The molecule has 0 aromatic heterocycles. The molecule has 0 radical (unpaired) electrons. The lowest BCUT2D eigenvalue weighted by molar-refractivity contribution is -0.231. The fourth-order valence-electron chi connectivity index (χ4n) is 7.22. The number of aliphatic hydroxyl groups is 3. The Hall–Kier alpha value is -3.12. The molecule has 272 valence electrons. The van der Waals surface area contributed by atoms with E-state index in [0.29, 0.717) is 48.6 Å². The molecule has 5 rings (SSSR count). The van der Waals surface area contributed by atoms with Crippen LogP contribution in [0.25, 0.3) is 0 Å². The number of benzene rings is 1. The highest BCUT2D eigenvalue weighted by molar-refractivity contribution is 7.80. The van der Waals surface area contributed by atoms with Crippen LogP contribution in [0, 0.1) is 13.8 Å². The van der Waals surface area contributed by atoms with Crippen molar-refractivity contribution in [2.75, 3.05) is 45.9 Å². The van der Waals surface area contributed by atoms with Gasteiger partial charge >= 0.3 is 5.97 Å². The normalized spacial score (nSPS) is 30.1. The number of amides is 2. The van der Waals surface area contributed by atoms with Gasteiger partial charge in [0, 0.05) is 64.1 Å². The number of carbonyl (C=O) groups is 3. The number of carboxylic acids is 1. The molecule has 1 aromatic rings. The number of thiocarbonyl (C=S) groups is 1. The van der Waals surface area contributed by atoms with Gasteiger partial charge in [0.2, 0.25) is 5.91 Å². The first kappa shape index (κ1) is 37.1. The number of nitrogens with zero attached hydrogens (tertiary/aromatic N) is 2. The van der Waals surface area contributed by atoms with Crippen LogP contribution in [0.4, 0.5) is 0 Å². The number of phenols is 1. The smallest absolute Gasteiger partial charge is 0.336 e. The first-order valence-corrected chi connectivity index (χ1v) is 17.2. The van der Waals surface area contributed by atoms with E-state index in [4.69, 9.17) is 21.7 Å². The third-order valence-electron chi connectivity index (χ3n) is 10.2. The lowest BCUT2D eigenvalue weighted by atomic mass is 9.81. The summed E-state index contributed by atoms with van der Waals surface area (Å²) < 4.78 is 12.1. The highest BCUT2D eigenvalue weighted by Gasteiger charge is 2.55. The standard InChI is InChI=1S/C33H49N5O10S/c1-18-12-21(13-19(2)26(18)42)29(44)34-15-24(41)27(43)28-25(35-20(3)39)23(40)14-33(48-28,30(45)46)7-9-38-10-11-47-17-32(38)6-8-37(16-32)31(49)36-22-4-5-22/h12-13,22-25,27-28,40-43H,4-11,14-17H2,1-3H3,(H,34,44)(H,35,39)(H,36,49)(H,45,46)/t23-,24+,25+,27+,28+,32-,33+/m0/s1. The Kier molecular flexibility index (Phi) is 11.4. The fraction of sp³-hybridized carbons (Fsp3) is 0.697. The first-order chi connectivity index (χ1) is 23.1. The number of hydrogen-bond donors (Lipinski definition) is 8. The van der Waals surface area contributed by atoms with Crippen LogP contribution in [0.15, 0.2) is 12.1 Å². The van der Waals surface area contributed by atoms with E-state index in [1.54, 1.807) is 13.8 Å². The summed E-state index contributed by atoms with van der Waals surface area (Å²) in [5.74, 6) is -2.42. The minimum absolute atomic E-state index is 0.0604. The Labute approximate surface area is 290 Å². The number of rotatable bonds is 11. The predicted octanol–water partition coefficient (Wildman–Crippen LogP) is -0.858. The molecule has 4 fully saturated rings. The van der Waals surface area contributed by atoms with Gasteiger partial charge in [0.1, 0.15) is 18.0 Å². The average Bonchev–Trinajstić information content (AvgIpc) is 3.78. The Bertz CT molecular complexity index is 1410. The van der Waals surface area contributed by atoms with Crippen molar-refractivity contribution >= 4 is 35.1 Å². The topological polar surface area (TPSA) is 213 Å². The molecule has 2 amide bonds. The van der Waals surface area contributed by atoms with Crippen LogP contribution in [0.5, 0.6) is 5.75 Å². The van der Waals surface area contributed by atoms with Crippen LogP contribution in [0.3, 0.4) is 0 Å². The van der Waals surface area contributed by atoms with Gasteiger partial charge in [-0.25, -0.2) is 4.79 Å². The molecule has 49 heavy (non-hydrogen) atoms. The monoisotopic (exact) mass is 707 g/mol. The second kappa shape index (κ2) is 15.0. The number of aryl methyl sites for hydroxylation is 2. The Morgan fingerprint density at radius 2 is 1.82 bits per heavy atom. The summed E-state index contributed by atoms with van der Waals surface area (Å²) in [5.41, 5.74) is -1.17. The van der Waals surface area contributed by atoms with Gasteiger partial charge in [-0.2, -0.15) is 0 Å². The van der Waals surface area contributed by atoms with E-state index >= 15 is 0 Å². The molecule has 1 spiro atoms. The number of morpholine rings is 1. The van der Waals surface area contributed by atoms with Gasteiger partial charge in [-0.1, -0.05) is 0 Å². The molecular weight excluding hydrogens is 658 g/mol. The number of hydrogen-bond acceptors (Lipinski definition) is 11. The molecule has 3 aliphatic heterocycles. The summed E-state index contributed by atoms with van der Waals surface area (Å²) in [6, 6.07) is 2.14. The van der Waals surface area contributed by atoms with Gasteiger partial charge < -0.3 is 55.9 Å². The summed E-state index contributed by atoms with van der Waals surface area (Å²) in [6.45, 7) is 7.12. The molecule has 4 aliphatic rings. The minimum atomic E-state index is -1.97. The molecule has 1 aromatic carbocycles. The zero-order chi connectivity index (χ0) is 35.7. The van der Waals surface area contributed by atoms with Gasteiger partial charge in [-0.3, -0.25) is 14.5 Å². The number of nitrogens with one attached hydrogen (secondary N) is 3. The van der Waals surface area contributed by atoms with Crippen molar-refractivity contribution in [2.45, 2.75) is 101 Å². The largest absolute Gasteiger partial charge is 0.507 e. The van der Waals surface area contributed by atoms with Gasteiger partial charge in [0.25, 0.3) is 5.91 Å². The first-order valence-electron chi connectivity index (χ1n) is 16.8. The number of phenolic OH excluding ortho intramolecular Hbond substituents is 1. The van der Waals surface area contributed by atoms with Gasteiger partial charge in [0.15, 0.2) is 10.7 Å². The number of carbonyl (C=O) groups excluding carboxylic acids is 2. The SMILES string of the molecule is CC(=O)N[C@H]1[C@H]([C@H](O)[C@H](O)CNC(=O)c2cc(C)c(O)c(C)c2)O[C@@](CCN2CCOC[C@@]23CCN(C(=S)NC2CC2)C3)(C(=O)O)C[C@@H]1O. The summed E-state index contributed by atoms with van der Waals surface area (Å²) in [7, 11) is 0. The highest BCUT2D eigenvalue weighted by Crippen LogP contribution is 2.38. The predicted molar refractivity (Wildman–Crippen MR) is 180 cm³/mol. The third-order valence-corrected chi connectivity index (χ3v) is 10.6. The molecule has 15 nitrogen and oxygen atoms in total. The molecule has 1 aliphatic carbocycles. The number of ether oxygens (including phenoxy) is 2. The number of aliphatic carboxylic acids is 1. The Morgan fingerprint density at radius 3 is 2.45 bits per heavy atom.